The molecule has 4 N–H and O–H groups in total. The lowest BCUT2D eigenvalue weighted by atomic mass is 10.0. The number of phosphoric ester groups is 1. The fourth-order valence-electron chi connectivity index (χ4n) is 3.50. The summed E-state index contributed by atoms with van der Waals surface area (Å²) in [7, 11) is -4.36. The fourth-order valence-corrected chi connectivity index (χ4v) is 4.73. The van der Waals surface area contributed by atoms with Gasteiger partial charge in [0.2, 0.25) is 5.72 Å². The van der Waals surface area contributed by atoms with Crippen molar-refractivity contribution in [2.75, 3.05) is 13.2 Å². The van der Waals surface area contributed by atoms with E-state index in [1.54, 1.807) is 18.2 Å². The Morgan fingerprint density at radius 3 is 2.76 bits per heavy atom. The molecule has 1 fully saturated rings. The number of para-hydroxylation sites is 1. The number of aromatic amines is 1. The van der Waals surface area contributed by atoms with E-state index in [-0.39, 0.29) is 12.4 Å². The molecule has 0 aliphatic carbocycles. The average Bonchev–Trinajstić information content (AvgIpc) is 3.00. The molecule has 1 unspecified atom stereocenters. The zero-order valence-corrected chi connectivity index (χ0v) is 17.6. The van der Waals surface area contributed by atoms with Crippen LogP contribution >= 0.6 is 7.82 Å². The highest BCUT2D eigenvalue weighted by Crippen LogP contribution is 2.56. The van der Waals surface area contributed by atoms with E-state index in [0.717, 1.165) is 6.20 Å². The van der Waals surface area contributed by atoms with E-state index >= 15 is 4.39 Å². The number of phosphoric acid groups is 1. The zero-order valence-electron chi connectivity index (χ0n) is 16.7. The number of hydrogen-bond acceptors (Lipinski definition) is 10. The van der Waals surface area contributed by atoms with Gasteiger partial charge in [0.25, 0.3) is 11.4 Å². The summed E-state index contributed by atoms with van der Waals surface area (Å²) in [6.45, 7) is -2.68. The topological polar surface area (TPSA) is 170 Å². The average molecular weight is 484 g/mol. The maximum absolute atomic E-state index is 15.6. The van der Waals surface area contributed by atoms with E-state index in [0.29, 0.717) is 10.1 Å². The number of terminal acetylenes is 1. The Bertz CT molecular complexity index is 1290. The second-order valence-electron chi connectivity index (χ2n) is 7.29. The Balaban J connectivity index is 1.62. The van der Waals surface area contributed by atoms with Crippen LogP contribution in [0.5, 0.6) is 5.75 Å². The summed E-state index contributed by atoms with van der Waals surface area (Å²) in [6.07, 6.45) is 1.30. The van der Waals surface area contributed by atoms with Gasteiger partial charge in [0, 0.05) is 11.8 Å². The molecule has 0 radical (unpaired) electrons. The lowest BCUT2D eigenvalue weighted by molar-refractivity contribution is -0.254. The predicted molar refractivity (Wildman–Crippen MR) is 107 cm³/mol. The number of aromatic nitrogens is 2. The first-order chi connectivity index (χ1) is 15.6. The van der Waals surface area contributed by atoms with Gasteiger partial charge in [-0.15, -0.1) is 6.42 Å². The molecule has 3 heterocycles. The van der Waals surface area contributed by atoms with Crippen molar-refractivity contribution in [1.29, 1.82) is 0 Å². The van der Waals surface area contributed by atoms with E-state index in [1.807, 2.05) is 10.9 Å². The van der Waals surface area contributed by atoms with Crippen LogP contribution in [0, 0.1) is 12.3 Å². The third kappa shape index (κ3) is 3.81. The van der Waals surface area contributed by atoms with Crippen LogP contribution in [-0.4, -0.2) is 56.1 Å². The van der Waals surface area contributed by atoms with E-state index < -0.39 is 61.6 Å². The van der Waals surface area contributed by atoms with Crippen molar-refractivity contribution in [2.24, 2.45) is 0 Å². The number of H-pyrrole nitrogens is 1. The molecule has 4 rings (SSSR count). The van der Waals surface area contributed by atoms with Gasteiger partial charge in [-0.3, -0.25) is 23.4 Å². The van der Waals surface area contributed by atoms with Crippen LogP contribution in [0.1, 0.15) is 11.1 Å². The van der Waals surface area contributed by atoms with Crippen LogP contribution in [0.2, 0.25) is 0 Å². The van der Waals surface area contributed by atoms with Crippen LogP contribution in [0.3, 0.4) is 0 Å². The monoisotopic (exact) mass is 484 g/mol. The van der Waals surface area contributed by atoms with E-state index in [1.165, 1.54) is 6.07 Å². The molecule has 0 bridgehead atoms. The van der Waals surface area contributed by atoms with Gasteiger partial charge in [-0.25, -0.2) is 13.8 Å². The largest absolute Gasteiger partial charge is 0.530 e. The third-order valence-corrected chi connectivity index (χ3v) is 6.57. The summed E-state index contributed by atoms with van der Waals surface area (Å²) in [5, 5.41) is 30.8. The molecule has 1 aromatic heterocycles. The highest BCUT2D eigenvalue weighted by Gasteiger charge is 2.65. The quantitative estimate of drug-likeness (QED) is 0.315. The van der Waals surface area contributed by atoms with Crippen molar-refractivity contribution in [2.45, 2.75) is 30.4 Å². The minimum absolute atomic E-state index is 0.166. The second kappa shape index (κ2) is 8.19. The highest BCUT2D eigenvalue weighted by molar-refractivity contribution is 7.49. The van der Waals surface area contributed by atoms with Gasteiger partial charge < -0.3 is 24.6 Å². The highest BCUT2D eigenvalue weighted by atomic mass is 31.2. The smallest absolute Gasteiger partial charge is 0.404 e. The van der Waals surface area contributed by atoms with E-state index in [9.17, 15) is 29.5 Å². The van der Waals surface area contributed by atoms with Crippen molar-refractivity contribution >= 4 is 7.82 Å². The van der Waals surface area contributed by atoms with Gasteiger partial charge in [0.05, 0.1) is 13.2 Å². The number of hydrogen-bond donors (Lipinski definition) is 4. The Hall–Kier alpha value is -2.82. The molecule has 0 amide bonds. The lowest BCUT2D eigenvalue weighted by Crippen LogP contribution is -2.54. The molecule has 14 heteroatoms. The normalized spacial score (nSPS) is 33.2. The number of fused-ring (bicyclic) bond motifs is 1. The first-order valence-electron chi connectivity index (χ1n) is 9.43. The summed E-state index contributed by atoms with van der Waals surface area (Å²) >= 11 is 0. The van der Waals surface area contributed by atoms with Crippen molar-refractivity contribution in [3.05, 3.63) is 62.4 Å². The van der Waals surface area contributed by atoms with E-state index in [4.69, 9.17) is 24.7 Å². The van der Waals surface area contributed by atoms with Crippen LogP contribution < -0.4 is 15.8 Å². The van der Waals surface area contributed by atoms with Crippen LogP contribution in [-0.2, 0) is 30.7 Å². The predicted octanol–water partition coefficient (Wildman–Crippen LogP) is -0.685. The second-order valence-corrected chi connectivity index (χ2v) is 8.88. The number of aliphatic hydroxyl groups excluding tert-OH is 3. The summed E-state index contributed by atoms with van der Waals surface area (Å²) in [5.74, 6) is -1.13. The van der Waals surface area contributed by atoms with Gasteiger partial charge >= 0.3 is 13.5 Å². The lowest BCUT2D eigenvalue weighted by Gasteiger charge is -2.32. The summed E-state index contributed by atoms with van der Waals surface area (Å²) in [5.41, 5.74) is -4.60. The maximum atomic E-state index is 15.6. The molecular weight excluding hydrogens is 466 g/mol. The molecule has 1 saturated heterocycles. The Kier molecular flexibility index (Phi) is 5.80. The number of aliphatic hydroxyl groups is 3. The Labute approximate surface area is 184 Å². The SMILES string of the molecule is C#Cc1cn([C@]2(CO)O[C@](F)(COP3(=O)OCc4ccccc4O3)[C@@H](O)[C@H]2O)c(=O)[nH]c1=O. The zero-order chi connectivity index (χ0) is 24.0. The standard InChI is InChI=1S/C19H18FN2O10P/c1-2-11-7-22(17(27)21-16(11)26)19(9-23)15(25)14(24)18(20,32-19)10-30-33(28)29-8-12-5-3-4-6-13(12)31-33/h1,3-7,14-15,23-25H,8-10H2,(H,21,26,27)/t14-,15+,18+,19+,33?/m0/s1. The summed E-state index contributed by atoms with van der Waals surface area (Å²) < 4.78 is 49.2. The molecule has 33 heavy (non-hydrogen) atoms. The number of ether oxygens (including phenoxy) is 1. The van der Waals surface area contributed by atoms with Crippen LogP contribution in [0.25, 0.3) is 0 Å². The minimum Gasteiger partial charge on any atom is -0.404 e. The molecule has 0 spiro atoms. The van der Waals surface area contributed by atoms with Gasteiger partial charge in [0.15, 0.2) is 0 Å². The number of alkyl halides is 1. The molecule has 2 aromatic rings. The van der Waals surface area contributed by atoms with Gasteiger partial charge in [0.1, 0.15) is 30.1 Å². The molecule has 2 aliphatic rings. The van der Waals surface area contributed by atoms with Crippen molar-refractivity contribution in [3.8, 4) is 18.1 Å². The number of benzene rings is 1. The fraction of sp³-hybridized carbons (Fsp3) is 0.368. The first kappa shape index (κ1) is 23.3. The molecule has 176 valence electrons. The summed E-state index contributed by atoms with van der Waals surface area (Å²) in [4.78, 5) is 25.9. The molecule has 2 aliphatic heterocycles. The number of nitrogens with one attached hydrogen (secondary N) is 1. The Morgan fingerprint density at radius 1 is 1.33 bits per heavy atom. The van der Waals surface area contributed by atoms with Crippen molar-refractivity contribution in [1.82, 2.24) is 9.55 Å². The Morgan fingerprint density at radius 2 is 2.06 bits per heavy atom. The molecule has 12 nitrogen and oxygen atoms in total. The van der Waals surface area contributed by atoms with Crippen LogP contribution in [0.4, 0.5) is 4.39 Å². The molecule has 1 aromatic carbocycles. The van der Waals surface area contributed by atoms with Gasteiger partial charge in [-0.05, 0) is 6.07 Å². The van der Waals surface area contributed by atoms with E-state index in [2.05, 4.69) is 0 Å². The number of rotatable bonds is 5. The maximum Gasteiger partial charge on any atom is 0.530 e. The molecule has 5 atom stereocenters. The number of nitrogens with zero attached hydrogens (tertiary/aromatic N) is 1. The number of halogens is 1. The van der Waals surface area contributed by atoms with Crippen LogP contribution in [0.15, 0.2) is 40.1 Å². The molecule has 0 saturated carbocycles. The summed E-state index contributed by atoms with van der Waals surface area (Å²) in [6, 6.07) is 6.44. The van der Waals surface area contributed by atoms with Gasteiger partial charge in [-0.1, -0.05) is 24.1 Å². The van der Waals surface area contributed by atoms with Crippen molar-refractivity contribution in [3.63, 3.8) is 0 Å². The van der Waals surface area contributed by atoms with Crippen molar-refractivity contribution < 1.29 is 42.6 Å². The first-order valence-corrected chi connectivity index (χ1v) is 10.9. The minimum atomic E-state index is -4.36. The third-order valence-electron chi connectivity index (χ3n) is 5.26. The molecular formula is C19H18FN2O10P. The van der Waals surface area contributed by atoms with Gasteiger partial charge in [-0.2, -0.15) is 0 Å².